The summed E-state index contributed by atoms with van der Waals surface area (Å²) in [5.74, 6) is 1.18. The molecule has 1 heterocycles. The second-order valence-electron chi connectivity index (χ2n) is 5.39. The van der Waals surface area contributed by atoms with Gasteiger partial charge in [0.15, 0.2) is 0 Å². The molecule has 4 heteroatoms. The van der Waals surface area contributed by atoms with E-state index < -0.39 is 0 Å². The Kier molecular flexibility index (Phi) is 3.83. The molecule has 1 aromatic heterocycles. The Bertz CT molecular complexity index is 634. The minimum Gasteiger partial charge on any atom is -0.459 e. The van der Waals surface area contributed by atoms with Gasteiger partial charge < -0.3 is 14.8 Å². The molecule has 0 fully saturated rings. The van der Waals surface area contributed by atoms with E-state index in [1.807, 2.05) is 24.3 Å². The van der Waals surface area contributed by atoms with Crippen molar-refractivity contribution >= 4 is 22.6 Å². The SMILES string of the molecule is C[C@@H](N[C@@H]1C=C[C@H](CO)C1)c1cc2cc(Cl)ccc2o1. The number of aliphatic hydroxyl groups is 1. The van der Waals surface area contributed by atoms with Gasteiger partial charge in [-0.25, -0.2) is 0 Å². The van der Waals surface area contributed by atoms with Crippen LogP contribution in [-0.2, 0) is 0 Å². The van der Waals surface area contributed by atoms with Gasteiger partial charge in [0.05, 0.1) is 6.04 Å². The molecule has 2 N–H and O–H groups in total. The normalized spacial score (nSPS) is 23.6. The molecule has 1 aliphatic carbocycles. The van der Waals surface area contributed by atoms with Crippen LogP contribution >= 0.6 is 11.6 Å². The van der Waals surface area contributed by atoms with Gasteiger partial charge in [-0.15, -0.1) is 0 Å². The largest absolute Gasteiger partial charge is 0.459 e. The van der Waals surface area contributed by atoms with E-state index in [0.717, 1.165) is 28.2 Å². The van der Waals surface area contributed by atoms with Crippen LogP contribution in [0.15, 0.2) is 40.8 Å². The first-order chi connectivity index (χ1) is 9.65. The van der Waals surface area contributed by atoms with E-state index in [9.17, 15) is 0 Å². The quantitative estimate of drug-likeness (QED) is 0.845. The summed E-state index contributed by atoms with van der Waals surface area (Å²) < 4.78 is 5.85. The molecule has 0 unspecified atom stereocenters. The van der Waals surface area contributed by atoms with E-state index in [1.165, 1.54) is 0 Å². The van der Waals surface area contributed by atoms with Gasteiger partial charge in [0.1, 0.15) is 11.3 Å². The molecular weight excluding hydrogens is 274 g/mol. The van der Waals surface area contributed by atoms with Gasteiger partial charge in [0, 0.05) is 29.0 Å². The molecule has 0 saturated heterocycles. The Morgan fingerprint density at radius 1 is 1.40 bits per heavy atom. The first-order valence-corrected chi connectivity index (χ1v) is 7.27. The molecule has 0 radical (unpaired) electrons. The lowest BCUT2D eigenvalue weighted by molar-refractivity contribution is 0.244. The number of halogens is 1. The molecular formula is C16H18ClNO2. The van der Waals surface area contributed by atoms with E-state index in [2.05, 4.69) is 24.4 Å². The molecule has 3 rings (SSSR count). The maximum Gasteiger partial charge on any atom is 0.134 e. The maximum atomic E-state index is 9.15. The Hall–Kier alpha value is -1.29. The topological polar surface area (TPSA) is 45.4 Å². The number of hydrogen-bond donors (Lipinski definition) is 2. The maximum absolute atomic E-state index is 9.15. The lowest BCUT2D eigenvalue weighted by Crippen LogP contribution is -2.29. The molecule has 1 aliphatic rings. The fraction of sp³-hybridized carbons (Fsp3) is 0.375. The molecule has 0 spiro atoms. The van der Waals surface area contributed by atoms with Crippen molar-refractivity contribution in [3.8, 4) is 0 Å². The number of nitrogens with one attached hydrogen (secondary N) is 1. The fourth-order valence-corrected chi connectivity index (χ4v) is 2.87. The zero-order chi connectivity index (χ0) is 14.1. The summed E-state index contributed by atoms with van der Waals surface area (Å²) in [5.41, 5.74) is 0.855. The highest BCUT2D eigenvalue weighted by atomic mass is 35.5. The third-order valence-electron chi connectivity index (χ3n) is 3.80. The van der Waals surface area contributed by atoms with Gasteiger partial charge in [-0.3, -0.25) is 0 Å². The third-order valence-corrected chi connectivity index (χ3v) is 4.03. The highest BCUT2D eigenvalue weighted by molar-refractivity contribution is 6.31. The molecule has 2 aromatic rings. The van der Waals surface area contributed by atoms with Crippen LogP contribution in [0.25, 0.3) is 11.0 Å². The van der Waals surface area contributed by atoms with Gasteiger partial charge in [0.25, 0.3) is 0 Å². The molecule has 106 valence electrons. The number of aliphatic hydroxyl groups excluding tert-OH is 1. The molecule has 20 heavy (non-hydrogen) atoms. The van der Waals surface area contributed by atoms with Crippen LogP contribution in [-0.4, -0.2) is 17.8 Å². The molecule has 3 nitrogen and oxygen atoms in total. The van der Waals surface area contributed by atoms with E-state index in [0.29, 0.717) is 6.04 Å². The first kappa shape index (κ1) is 13.7. The van der Waals surface area contributed by atoms with E-state index >= 15 is 0 Å². The Morgan fingerprint density at radius 3 is 3.00 bits per heavy atom. The van der Waals surface area contributed by atoms with Crippen molar-refractivity contribution in [2.24, 2.45) is 5.92 Å². The minimum atomic E-state index is 0.119. The summed E-state index contributed by atoms with van der Waals surface area (Å²) in [7, 11) is 0. The third kappa shape index (κ3) is 2.75. The predicted octanol–water partition coefficient (Wildman–Crippen LogP) is 3.67. The molecule has 0 amide bonds. The van der Waals surface area contributed by atoms with Crippen LogP contribution < -0.4 is 5.32 Å². The van der Waals surface area contributed by atoms with Crippen molar-refractivity contribution in [1.29, 1.82) is 0 Å². The van der Waals surface area contributed by atoms with Crippen LogP contribution in [0, 0.1) is 5.92 Å². The summed E-state index contributed by atoms with van der Waals surface area (Å²) in [6, 6.07) is 8.08. The second-order valence-corrected chi connectivity index (χ2v) is 5.83. The van der Waals surface area contributed by atoms with Gasteiger partial charge in [0.2, 0.25) is 0 Å². The Labute approximate surface area is 123 Å². The average Bonchev–Trinajstić information content (AvgIpc) is 3.04. The molecule has 3 atom stereocenters. The zero-order valence-corrected chi connectivity index (χ0v) is 12.1. The van der Waals surface area contributed by atoms with Gasteiger partial charge in [-0.2, -0.15) is 0 Å². The van der Waals surface area contributed by atoms with Crippen LogP contribution in [0.1, 0.15) is 25.1 Å². The molecule has 1 aromatic carbocycles. The molecule has 0 bridgehead atoms. The summed E-state index contributed by atoms with van der Waals surface area (Å²) in [5, 5.41) is 14.4. The number of fused-ring (bicyclic) bond motifs is 1. The van der Waals surface area contributed by atoms with E-state index in [-0.39, 0.29) is 18.6 Å². The lowest BCUT2D eigenvalue weighted by Gasteiger charge is -2.17. The molecule has 0 aliphatic heterocycles. The highest BCUT2D eigenvalue weighted by Crippen LogP contribution is 2.27. The van der Waals surface area contributed by atoms with Crippen molar-refractivity contribution in [2.75, 3.05) is 6.61 Å². The average molecular weight is 292 g/mol. The fourth-order valence-electron chi connectivity index (χ4n) is 2.68. The van der Waals surface area contributed by atoms with E-state index in [4.69, 9.17) is 21.1 Å². The van der Waals surface area contributed by atoms with Crippen molar-refractivity contribution in [1.82, 2.24) is 5.32 Å². The summed E-state index contributed by atoms with van der Waals surface area (Å²) >= 11 is 5.99. The predicted molar refractivity (Wildman–Crippen MR) is 80.9 cm³/mol. The monoisotopic (exact) mass is 291 g/mol. The number of hydrogen-bond acceptors (Lipinski definition) is 3. The first-order valence-electron chi connectivity index (χ1n) is 6.90. The van der Waals surface area contributed by atoms with Crippen LogP contribution in [0.5, 0.6) is 0 Å². The molecule has 0 saturated carbocycles. The highest BCUT2D eigenvalue weighted by Gasteiger charge is 2.21. The zero-order valence-electron chi connectivity index (χ0n) is 11.3. The van der Waals surface area contributed by atoms with Gasteiger partial charge in [-0.05, 0) is 37.6 Å². The van der Waals surface area contributed by atoms with Crippen molar-refractivity contribution in [3.63, 3.8) is 0 Å². The van der Waals surface area contributed by atoms with E-state index in [1.54, 1.807) is 0 Å². The van der Waals surface area contributed by atoms with Crippen LogP contribution in [0.4, 0.5) is 0 Å². The van der Waals surface area contributed by atoms with Gasteiger partial charge >= 0.3 is 0 Å². The van der Waals surface area contributed by atoms with Crippen LogP contribution in [0.2, 0.25) is 5.02 Å². The smallest absolute Gasteiger partial charge is 0.134 e. The van der Waals surface area contributed by atoms with Crippen LogP contribution in [0.3, 0.4) is 0 Å². The standard InChI is InChI=1S/C16H18ClNO2/c1-10(18-14-4-2-11(6-14)9-19)16-8-12-7-13(17)3-5-15(12)20-16/h2-5,7-8,10-11,14,18-19H,6,9H2,1H3/t10-,11+,14-/m1/s1. The summed E-state index contributed by atoms with van der Waals surface area (Å²) in [4.78, 5) is 0. The number of benzene rings is 1. The van der Waals surface area contributed by atoms with Crippen molar-refractivity contribution in [2.45, 2.75) is 25.4 Å². The van der Waals surface area contributed by atoms with Gasteiger partial charge in [-0.1, -0.05) is 23.8 Å². The van der Waals surface area contributed by atoms with Crippen molar-refractivity contribution < 1.29 is 9.52 Å². The van der Waals surface area contributed by atoms with Crippen molar-refractivity contribution in [3.05, 3.63) is 47.2 Å². The number of furan rings is 1. The number of rotatable bonds is 4. The minimum absolute atomic E-state index is 0.119. The second kappa shape index (κ2) is 5.60. The Balaban J connectivity index is 1.72. The summed E-state index contributed by atoms with van der Waals surface area (Å²) in [6.07, 6.45) is 5.13. The lowest BCUT2D eigenvalue weighted by atomic mass is 10.1. The summed E-state index contributed by atoms with van der Waals surface area (Å²) in [6.45, 7) is 2.30. The Morgan fingerprint density at radius 2 is 2.25 bits per heavy atom.